The van der Waals surface area contributed by atoms with Gasteiger partial charge in [-0.05, 0) is 30.2 Å². The average molecular weight is 628 g/mol. The lowest BCUT2D eigenvalue weighted by Gasteiger charge is -2.10. The second-order valence-corrected chi connectivity index (χ2v) is 10.4. The van der Waals surface area contributed by atoms with Crippen molar-refractivity contribution in [3.05, 3.63) is 81.1 Å². The van der Waals surface area contributed by atoms with Crippen LogP contribution in [0.4, 0.5) is 26.3 Å². The fourth-order valence-corrected chi connectivity index (χ4v) is 4.36. The Bertz CT molecular complexity index is 1570. The number of rotatable bonds is 12. The van der Waals surface area contributed by atoms with Crippen molar-refractivity contribution in [1.29, 1.82) is 0 Å². The Kier molecular flexibility index (Phi) is 9.67. The first-order chi connectivity index (χ1) is 20.3. The number of nitrogens with one attached hydrogen (secondary N) is 2. The minimum Gasteiger partial charge on any atom is -0.346 e. The van der Waals surface area contributed by atoms with E-state index < -0.39 is 41.3 Å². The largest absolute Gasteiger partial charge is 0.417 e. The number of carbonyl (C=O) groups is 2. The number of aryl methyl sites for hydroxylation is 1. The predicted molar refractivity (Wildman–Crippen MR) is 139 cm³/mol. The molecule has 0 aliphatic heterocycles. The van der Waals surface area contributed by atoms with Gasteiger partial charge in [0.15, 0.2) is 5.69 Å². The maximum absolute atomic E-state index is 14.6. The van der Waals surface area contributed by atoms with E-state index in [9.17, 15) is 35.9 Å². The number of pyridine rings is 2. The molecule has 0 fully saturated rings. The van der Waals surface area contributed by atoms with Crippen LogP contribution in [0.15, 0.2) is 42.9 Å². The van der Waals surface area contributed by atoms with Gasteiger partial charge in [-0.25, -0.2) is 14.1 Å². The number of alkyl halides is 6. The van der Waals surface area contributed by atoms with E-state index in [1.54, 1.807) is 0 Å². The third-order valence-electron chi connectivity index (χ3n) is 5.75. The van der Waals surface area contributed by atoms with E-state index in [2.05, 4.69) is 41.1 Å². The van der Waals surface area contributed by atoms with Gasteiger partial charge in [-0.3, -0.25) is 14.6 Å². The van der Waals surface area contributed by atoms with E-state index in [1.165, 1.54) is 30.6 Å². The van der Waals surface area contributed by atoms with Crippen LogP contribution in [-0.2, 0) is 38.2 Å². The Balaban J connectivity index is 1.21. The average Bonchev–Trinajstić information content (AvgIpc) is 3.63. The zero-order chi connectivity index (χ0) is 31.2. The van der Waals surface area contributed by atoms with Gasteiger partial charge in [0.1, 0.15) is 16.9 Å². The van der Waals surface area contributed by atoms with E-state index in [0.29, 0.717) is 11.2 Å². The van der Waals surface area contributed by atoms with Crippen molar-refractivity contribution < 1.29 is 35.9 Å². The van der Waals surface area contributed by atoms with E-state index >= 15 is 0 Å². The van der Waals surface area contributed by atoms with Crippen LogP contribution < -0.4 is 10.6 Å². The van der Waals surface area contributed by atoms with E-state index in [-0.39, 0.29) is 54.4 Å². The summed E-state index contributed by atoms with van der Waals surface area (Å²) in [7, 11) is 0. The Hall–Kier alpha value is -4.48. The van der Waals surface area contributed by atoms with Gasteiger partial charge in [-0.15, -0.1) is 15.3 Å². The Morgan fingerprint density at radius 2 is 1.79 bits per heavy atom. The lowest BCUT2D eigenvalue weighted by molar-refractivity contribution is -0.137. The number of carbonyl (C=O) groups excluding carboxylic acids is 2. The van der Waals surface area contributed by atoms with Crippen LogP contribution in [0.2, 0.25) is 0 Å². The van der Waals surface area contributed by atoms with Crippen molar-refractivity contribution in [2.75, 3.05) is 0 Å². The van der Waals surface area contributed by atoms with Crippen molar-refractivity contribution in [2.45, 2.75) is 57.7 Å². The van der Waals surface area contributed by atoms with Crippen molar-refractivity contribution in [3.63, 3.8) is 0 Å². The van der Waals surface area contributed by atoms with Crippen LogP contribution in [0.5, 0.6) is 0 Å². The van der Waals surface area contributed by atoms with Crippen LogP contribution in [0.25, 0.3) is 0 Å². The monoisotopic (exact) mass is 627 g/mol. The topological polar surface area (TPSA) is 140 Å². The molecule has 4 aromatic rings. The molecular weight excluding hydrogens is 604 g/mol. The number of amides is 2. The molecule has 0 saturated carbocycles. The Morgan fingerprint density at radius 3 is 2.53 bits per heavy atom. The molecule has 0 bridgehead atoms. The van der Waals surface area contributed by atoms with Gasteiger partial charge in [0.25, 0.3) is 17.7 Å². The van der Waals surface area contributed by atoms with Crippen molar-refractivity contribution in [3.8, 4) is 0 Å². The number of halogens is 6. The summed E-state index contributed by atoms with van der Waals surface area (Å²) in [5, 5.41) is 20.4. The molecule has 1 atom stereocenters. The first-order valence-electron chi connectivity index (χ1n) is 12.6. The predicted octanol–water partition coefficient (Wildman–Crippen LogP) is 3.88. The third-order valence-corrected chi connectivity index (χ3v) is 6.73. The summed E-state index contributed by atoms with van der Waals surface area (Å²) < 4.78 is 81.1. The highest BCUT2D eigenvalue weighted by molar-refractivity contribution is 7.13. The van der Waals surface area contributed by atoms with Gasteiger partial charge in [0.2, 0.25) is 5.01 Å². The maximum Gasteiger partial charge on any atom is 0.417 e. The van der Waals surface area contributed by atoms with Crippen LogP contribution in [-0.4, -0.2) is 53.1 Å². The van der Waals surface area contributed by atoms with Gasteiger partial charge < -0.3 is 10.6 Å². The number of nitrogens with zero attached hydrogens (tertiary/aromatic N) is 7. The molecule has 43 heavy (non-hydrogen) atoms. The number of hydrogen-bond acceptors (Lipinski definition) is 9. The van der Waals surface area contributed by atoms with Gasteiger partial charge in [0.05, 0.1) is 30.5 Å². The van der Waals surface area contributed by atoms with Gasteiger partial charge in [-0.2, -0.15) is 22.0 Å². The normalized spacial score (nSPS) is 12.6. The van der Waals surface area contributed by atoms with Gasteiger partial charge in [-0.1, -0.05) is 22.6 Å². The zero-order valence-corrected chi connectivity index (χ0v) is 23.1. The van der Waals surface area contributed by atoms with Crippen LogP contribution in [0.3, 0.4) is 0 Å². The lowest BCUT2D eigenvalue weighted by Crippen LogP contribution is -2.23. The molecule has 18 heteroatoms. The molecule has 4 heterocycles. The van der Waals surface area contributed by atoms with Crippen molar-refractivity contribution in [2.24, 2.45) is 0 Å². The molecule has 0 radical (unpaired) electrons. The standard InChI is InChI=1S/C25H23F6N9O2S/c1-24(27,28)19-4-2-3-17(35-19)11-34-22(42)23-38-37-20(43-23)6-5-16(26)12-40-13-18(36-39-40)21(41)33-9-14-7-15(10-32-8-14)25(29,30)31/h2-4,7-8,10,13,16H,5-6,9,11-12H2,1H3,(H,33,41)(H,34,42). The second-order valence-electron chi connectivity index (χ2n) is 9.31. The van der Waals surface area contributed by atoms with E-state index in [1.807, 2.05) is 0 Å². The maximum atomic E-state index is 14.6. The zero-order valence-electron chi connectivity index (χ0n) is 22.3. The summed E-state index contributed by atoms with van der Waals surface area (Å²) in [4.78, 5) is 32.0. The minimum absolute atomic E-state index is 0.00947. The summed E-state index contributed by atoms with van der Waals surface area (Å²) in [5.41, 5.74) is -1.16. The molecule has 11 nitrogen and oxygen atoms in total. The smallest absolute Gasteiger partial charge is 0.346 e. The molecule has 0 spiro atoms. The summed E-state index contributed by atoms with van der Waals surface area (Å²) in [6.45, 7) is 0.134. The molecule has 228 valence electrons. The molecule has 0 aliphatic carbocycles. The molecule has 2 amide bonds. The van der Waals surface area contributed by atoms with Crippen molar-refractivity contribution >= 4 is 23.2 Å². The molecular formula is C25H23F6N9O2S. The Morgan fingerprint density at radius 1 is 1.02 bits per heavy atom. The molecule has 4 rings (SSSR count). The quantitative estimate of drug-likeness (QED) is 0.226. The highest BCUT2D eigenvalue weighted by Gasteiger charge is 2.31. The molecule has 2 N–H and O–H groups in total. The molecule has 4 aromatic heterocycles. The summed E-state index contributed by atoms with van der Waals surface area (Å²) in [6, 6.07) is 4.95. The highest BCUT2D eigenvalue weighted by atomic mass is 32.1. The second kappa shape index (κ2) is 13.2. The first-order valence-corrected chi connectivity index (χ1v) is 13.4. The fraction of sp³-hybridized carbons (Fsp3) is 0.360. The van der Waals surface area contributed by atoms with E-state index in [0.717, 1.165) is 29.0 Å². The number of aromatic nitrogens is 7. The summed E-state index contributed by atoms with van der Waals surface area (Å²) in [6.07, 6.45) is -2.81. The first kappa shape index (κ1) is 31.5. The van der Waals surface area contributed by atoms with Crippen LogP contribution in [0.1, 0.15) is 61.2 Å². The number of hydrogen-bond donors (Lipinski definition) is 2. The molecule has 0 saturated heterocycles. The summed E-state index contributed by atoms with van der Waals surface area (Å²) in [5.74, 6) is -4.43. The Labute approximate surface area is 243 Å². The van der Waals surface area contributed by atoms with Crippen molar-refractivity contribution in [1.82, 2.24) is 45.8 Å². The minimum atomic E-state index is -4.57. The highest BCUT2D eigenvalue weighted by Crippen LogP contribution is 2.29. The fourth-order valence-electron chi connectivity index (χ4n) is 3.59. The third kappa shape index (κ3) is 9.00. The van der Waals surface area contributed by atoms with Gasteiger partial charge in [0, 0.05) is 32.3 Å². The molecule has 0 aliphatic rings. The summed E-state index contributed by atoms with van der Waals surface area (Å²) >= 11 is 0.950. The van der Waals surface area contributed by atoms with Gasteiger partial charge >= 0.3 is 6.18 Å². The SMILES string of the molecule is CC(F)(F)c1cccc(CNC(=O)c2nnc(CCC(F)Cn3cc(C(=O)NCc4cncc(C(F)(F)F)c4)nn3)s2)n1. The molecule has 1 unspecified atom stereocenters. The van der Waals surface area contributed by atoms with Crippen LogP contribution >= 0.6 is 11.3 Å². The van der Waals surface area contributed by atoms with Crippen LogP contribution in [0, 0.1) is 0 Å². The lowest BCUT2D eigenvalue weighted by atomic mass is 10.2. The van der Waals surface area contributed by atoms with E-state index in [4.69, 9.17) is 0 Å². The molecule has 0 aromatic carbocycles.